The zero-order chi connectivity index (χ0) is 13.0. The summed E-state index contributed by atoms with van der Waals surface area (Å²) in [6.07, 6.45) is 2.57. The van der Waals surface area contributed by atoms with Crippen molar-refractivity contribution in [1.82, 2.24) is 15.1 Å². The Bertz CT molecular complexity index is 405. The van der Waals surface area contributed by atoms with E-state index >= 15 is 0 Å². The minimum absolute atomic E-state index is 0.148. The second-order valence-corrected chi connectivity index (χ2v) is 4.32. The first-order chi connectivity index (χ1) is 8.74. The zero-order valence-corrected chi connectivity index (χ0v) is 10.9. The molecule has 2 heterocycles. The van der Waals surface area contributed by atoms with Crippen LogP contribution in [0.3, 0.4) is 0 Å². The number of carbonyl (C=O) groups is 1. The maximum Gasteiger partial charge on any atom is 0.323 e. The van der Waals surface area contributed by atoms with Gasteiger partial charge in [-0.05, 0) is 26.3 Å². The number of nitrogens with zero attached hydrogens (tertiary/aromatic N) is 3. The third kappa shape index (κ3) is 2.87. The standard InChI is InChI=1S/C12H19N3O3/c1-3-10-13-14-11(18-10)8-15-7-5-6-9(15)12(16)17-4-2/h9H,3-8H2,1-2H3. The molecule has 1 aromatic rings. The highest BCUT2D eigenvalue weighted by atomic mass is 16.5. The van der Waals surface area contributed by atoms with E-state index in [-0.39, 0.29) is 12.0 Å². The van der Waals surface area contributed by atoms with Crippen molar-refractivity contribution in [3.63, 3.8) is 0 Å². The van der Waals surface area contributed by atoms with Gasteiger partial charge in [-0.15, -0.1) is 10.2 Å². The number of ether oxygens (including phenoxy) is 1. The van der Waals surface area contributed by atoms with Crippen molar-refractivity contribution in [2.45, 2.75) is 45.7 Å². The van der Waals surface area contributed by atoms with Gasteiger partial charge in [0.25, 0.3) is 0 Å². The predicted molar refractivity (Wildman–Crippen MR) is 63.7 cm³/mol. The summed E-state index contributed by atoms with van der Waals surface area (Å²) in [6.45, 7) is 5.60. The van der Waals surface area contributed by atoms with Gasteiger partial charge in [-0.2, -0.15) is 0 Å². The molecule has 6 nitrogen and oxygen atoms in total. The van der Waals surface area contributed by atoms with Gasteiger partial charge in [-0.1, -0.05) is 6.92 Å². The molecular weight excluding hydrogens is 234 g/mol. The SMILES string of the molecule is CCOC(=O)C1CCCN1Cc1nnc(CC)o1. The van der Waals surface area contributed by atoms with Crippen LogP contribution >= 0.6 is 0 Å². The van der Waals surface area contributed by atoms with Crippen molar-refractivity contribution in [3.8, 4) is 0 Å². The van der Waals surface area contributed by atoms with Crippen LogP contribution in [0.15, 0.2) is 4.42 Å². The van der Waals surface area contributed by atoms with E-state index in [0.29, 0.717) is 24.9 Å². The number of carbonyl (C=O) groups excluding carboxylic acids is 1. The van der Waals surface area contributed by atoms with E-state index in [1.54, 1.807) is 0 Å². The van der Waals surface area contributed by atoms with Crippen LogP contribution in [-0.4, -0.2) is 40.3 Å². The summed E-state index contributed by atoms with van der Waals surface area (Å²) in [5.41, 5.74) is 0. The zero-order valence-electron chi connectivity index (χ0n) is 10.9. The first-order valence-electron chi connectivity index (χ1n) is 6.46. The maximum atomic E-state index is 11.8. The van der Waals surface area contributed by atoms with Crippen LogP contribution in [0, 0.1) is 0 Å². The molecule has 1 aliphatic heterocycles. The molecule has 2 rings (SSSR count). The Morgan fingerprint density at radius 3 is 2.89 bits per heavy atom. The Balaban J connectivity index is 1.97. The Morgan fingerprint density at radius 1 is 1.44 bits per heavy atom. The lowest BCUT2D eigenvalue weighted by molar-refractivity contribution is -0.148. The Hall–Kier alpha value is -1.43. The number of hydrogen-bond acceptors (Lipinski definition) is 6. The van der Waals surface area contributed by atoms with Gasteiger partial charge in [-0.25, -0.2) is 0 Å². The molecule has 0 saturated carbocycles. The molecule has 1 unspecified atom stereocenters. The molecule has 6 heteroatoms. The van der Waals surface area contributed by atoms with Crippen molar-refractivity contribution in [3.05, 3.63) is 11.8 Å². The Morgan fingerprint density at radius 2 is 2.22 bits per heavy atom. The van der Waals surface area contributed by atoms with E-state index in [2.05, 4.69) is 10.2 Å². The summed E-state index contributed by atoms with van der Waals surface area (Å²) in [6, 6.07) is -0.165. The lowest BCUT2D eigenvalue weighted by atomic mass is 10.2. The summed E-state index contributed by atoms with van der Waals surface area (Å²) in [5.74, 6) is 1.06. The molecule has 0 bridgehead atoms. The van der Waals surface area contributed by atoms with Crippen LogP contribution in [0.2, 0.25) is 0 Å². The minimum atomic E-state index is -0.165. The number of hydrogen-bond donors (Lipinski definition) is 0. The molecule has 18 heavy (non-hydrogen) atoms. The fourth-order valence-electron chi connectivity index (χ4n) is 2.19. The van der Waals surface area contributed by atoms with Gasteiger partial charge in [-0.3, -0.25) is 9.69 Å². The molecule has 0 radical (unpaired) electrons. The van der Waals surface area contributed by atoms with Crippen LogP contribution in [0.25, 0.3) is 0 Å². The van der Waals surface area contributed by atoms with Crippen LogP contribution in [0.4, 0.5) is 0 Å². The number of likely N-dealkylation sites (tertiary alicyclic amines) is 1. The molecule has 1 saturated heterocycles. The molecule has 1 fully saturated rings. The number of aryl methyl sites for hydroxylation is 1. The summed E-state index contributed by atoms with van der Waals surface area (Å²) >= 11 is 0. The molecule has 0 amide bonds. The Labute approximate surface area is 106 Å². The fourth-order valence-corrected chi connectivity index (χ4v) is 2.19. The van der Waals surface area contributed by atoms with Gasteiger partial charge in [0.15, 0.2) is 0 Å². The number of esters is 1. The minimum Gasteiger partial charge on any atom is -0.465 e. The fraction of sp³-hybridized carbons (Fsp3) is 0.750. The molecule has 0 N–H and O–H groups in total. The monoisotopic (exact) mass is 253 g/mol. The van der Waals surface area contributed by atoms with Crippen molar-refractivity contribution in [2.75, 3.05) is 13.2 Å². The van der Waals surface area contributed by atoms with Crippen LogP contribution < -0.4 is 0 Å². The molecule has 1 atom stereocenters. The van der Waals surface area contributed by atoms with Gasteiger partial charge in [0.05, 0.1) is 13.2 Å². The van der Waals surface area contributed by atoms with Crippen molar-refractivity contribution < 1.29 is 13.9 Å². The first-order valence-corrected chi connectivity index (χ1v) is 6.46. The third-order valence-electron chi connectivity index (χ3n) is 3.07. The normalized spacial score (nSPS) is 20.2. The Kier molecular flexibility index (Phi) is 4.30. The topological polar surface area (TPSA) is 68.5 Å². The summed E-state index contributed by atoms with van der Waals surface area (Å²) < 4.78 is 10.5. The smallest absolute Gasteiger partial charge is 0.323 e. The van der Waals surface area contributed by atoms with Crippen LogP contribution in [0.5, 0.6) is 0 Å². The summed E-state index contributed by atoms with van der Waals surface area (Å²) in [4.78, 5) is 13.8. The van der Waals surface area contributed by atoms with Gasteiger partial charge in [0, 0.05) is 6.42 Å². The second kappa shape index (κ2) is 5.95. The van der Waals surface area contributed by atoms with Gasteiger partial charge >= 0.3 is 5.97 Å². The lowest BCUT2D eigenvalue weighted by Gasteiger charge is -2.20. The maximum absolute atomic E-state index is 11.8. The quantitative estimate of drug-likeness (QED) is 0.733. The molecule has 1 aliphatic rings. The highest BCUT2D eigenvalue weighted by Gasteiger charge is 2.32. The van der Waals surface area contributed by atoms with Crippen LogP contribution in [0.1, 0.15) is 38.5 Å². The van der Waals surface area contributed by atoms with Gasteiger partial charge in [0.1, 0.15) is 6.04 Å². The summed E-state index contributed by atoms with van der Waals surface area (Å²) in [5, 5.41) is 7.90. The molecule has 0 aromatic carbocycles. The van der Waals surface area contributed by atoms with Crippen molar-refractivity contribution in [1.29, 1.82) is 0 Å². The van der Waals surface area contributed by atoms with E-state index in [9.17, 15) is 4.79 Å². The number of rotatable bonds is 5. The third-order valence-corrected chi connectivity index (χ3v) is 3.07. The first kappa shape index (κ1) is 13.0. The molecular formula is C12H19N3O3. The predicted octanol–water partition coefficient (Wildman–Crippen LogP) is 1.16. The second-order valence-electron chi connectivity index (χ2n) is 4.32. The lowest BCUT2D eigenvalue weighted by Crippen LogP contribution is -2.36. The van der Waals surface area contributed by atoms with E-state index in [1.165, 1.54) is 0 Å². The van der Waals surface area contributed by atoms with Gasteiger partial charge < -0.3 is 9.15 Å². The van der Waals surface area contributed by atoms with E-state index in [4.69, 9.17) is 9.15 Å². The van der Waals surface area contributed by atoms with E-state index in [0.717, 1.165) is 25.8 Å². The summed E-state index contributed by atoms with van der Waals surface area (Å²) in [7, 11) is 0. The molecule has 100 valence electrons. The van der Waals surface area contributed by atoms with Gasteiger partial charge in [0.2, 0.25) is 11.8 Å². The molecule has 0 spiro atoms. The van der Waals surface area contributed by atoms with E-state index < -0.39 is 0 Å². The van der Waals surface area contributed by atoms with Crippen molar-refractivity contribution >= 4 is 5.97 Å². The highest BCUT2D eigenvalue weighted by Crippen LogP contribution is 2.20. The average molecular weight is 253 g/mol. The van der Waals surface area contributed by atoms with E-state index in [1.807, 2.05) is 18.7 Å². The highest BCUT2D eigenvalue weighted by molar-refractivity contribution is 5.76. The average Bonchev–Trinajstić information content (AvgIpc) is 2.99. The van der Waals surface area contributed by atoms with Crippen molar-refractivity contribution in [2.24, 2.45) is 0 Å². The molecule has 0 aliphatic carbocycles. The molecule has 1 aromatic heterocycles. The number of aromatic nitrogens is 2. The van der Waals surface area contributed by atoms with Crippen LogP contribution in [-0.2, 0) is 22.5 Å². The largest absolute Gasteiger partial charge is 0.465 e.